The molecule has 0 aliphatic carbocycles. The van der Waals surface area contributed by atoms with Crippen molar-refractivity contribution < 1.29 is 4.74 Å². The summed E-state index contributed by atoms with van der Waals surface area (Å²) in [4.78, 5) is 2.08. The third-order valence-electron chi connectivity index (χ3n) is 1.92. The first-order valence-corrected chi connectivity index (χ1v) is 4.40. The van der Waals surface area contributed by atoms with Crippen LogP contribution < -0.4 is 4.74 Å². The van der Waals surface area contributed by atoms with Gasteiger partial charge in [0.15, 0.2) is 11.4 Å². The summed E-state index contributed by atoms with van der Waals surface area (Å²) in [6, 6.07) is 0. The molecule has 0 spiro atoms. The van der Waals surface area contributed by atoms with Crippen molar-refractivity contribution >= 4 is 0 Å². The van der Waals surface area contributed by atoms with Crippen molar-refractivity contribution in [2.75, 3.05) is 27.7 Å². The molecule has 0 N–H and O–H groups in total. The first-order valence-electron chi connectivity index (χ1n) is 4.40. The number of nitrogens with zero attached hydrogens (tertiary/aromatic N) is 3. The highest BCUT2D eigenvalue weighted by Gasteiger charge is 2.08. The lowest BCUT2D eigenvalue weighted by molar-refractivity contribution is 0.370. The first kappa shape index (κ1) is 10.6. The fraction of sp³-hybridized carbons (Fsp3) is 0.500. The highest BCUT2D eigenvalue weighted by molar-refractivity contribution is 5.38. The minimum Gasteiger partial charge on any atom is -0.492 e. The van der Waals surface area contributed by atoms with E-state index < -0.39 is 0 Å². The normalized spacial score (nSPS) is 10.2. The van der Waals surface area contributed by atoms with Gasteiger partial charge in [0, 0.05) is 6.54 Å². The van der Waals surface area contributed by atoms with Crippen molar-refractivity contribution in [2.45, 2.75) is 6.54 Å². The molecule has 1 aromatic rings. The van der Waals surface area contributed by atoms with Crippen molar-refractivity contribution in [2.24, 2.45) is 0 Å². The Labute approximate surface area is 84.5 Å². The lowest BCUT2D eigenvalue weighted by Gasteiger charge is -2.09. The zero-order valence-corrected chi connectivity index (χ0v) is 8.82. The van der Waals surface area contributed by atoms with E-state index in [4.69, 9.17) is 11.2 Å². The Morgan fingerprint density at radius 2 is 2.36 bits per heavy atom. The Kier molecular flexibility index (Phi) is 3.55. The van der Waals surface area contributed by atoms with Crippen molar-refractivity contribution in [3.05, 3.63) is 11.9 Å². The summed E-state index contributed by atoms with van der Waals surface area (Å²) in [5.41, 5.74) is 0.703. The Hall–Kier alpha value is -1.47. The van der Waals surface area contributed by atoms with Gasteiger partial charge in [-0.05, 0) is 20.0 Å². The van der Waals surface area contributed by atoms with Crippen molar-refractivity contribution in [1.29, 1.82) is 0 Å². The average molecular weight is 193 g/mol. The van der Waals surface area contributed by atoms with E-state index in [1.165, 1.54) is 0 Å². The number of methoxy groups -OCH3 is 1. The van der Waals surface area contributed by atoms with E-state index in [2.05, 4.69) is 15.9 Å². The maximum Gasteiger partial charge on any atom is 0.172 e. The minimum atomic E-state index is 0.659. The van der Waals surface area contributed by atoms with E-state index in [1.807, 2.05) is 14.1 Å². The van der Waals surface area contributed by atoms with Gasteiger partial charge in [0.25, 0.3) is 0 Å². The zero-order valence-electron chi connectivity index (χ0n) is 8.82. The first-order chi connectivity index (χ1) is 6.69. The van der Waals surface area contributed by atoms with Crippen molar-refractivity contribution in [3.8, 4) is 18.1 Å². The highest BCUT2D eigenvalue weighted by atomic mass is 16.5. The summed E-state index contributed by atoms with van der Waals surface area (Å²) in [7, 11) is 5.61. The summed E-state index contributed by atoms with van der Waals surface area (Å²) < 4.78 is 6.86. The Balaban J connectivity index is 2.77. The van der Waals surface area contributed by atoms with Crippen LogP contribution in [0.25, 0.3) is 0 Å². The second-order valence-electron chi connectivity index (χ2n) is 3.23. The molecule has 1 rings (SSSR count). The molecule has 0 radical (unpaired) electrons. The van der Waals surface area contributed by atoms with Crippen LogP contribution in [0.3, 0.4) is 0 Å². The van der Waals surface area contributed by atoms with Gasteiger partial charge >= 0.3 is 0 Å². The molecule has 14 heavy (non-hydrogen) atoms. The standard InChI is InChI=1S/C10H15N3O/c1-5-9-10(14-4)8-11-13(9)7-6-12(2)3/h1,8H,6-7H2,2-4H3. The molecule has 1 aromatic heterocycles. The molecule has 0 aromatic carbocycles. The van der Waals surface area contributed by atoms with Crippen molar-refractivity contribution in [1.82, 2.24) is 14.7 Å². The quantitative estimate of drug-likeness (QED) is 0.650. The van der Waals surface area contributed by atoms with Gasteiger partial charge in [-0.15, -0.1) is 6.42 Å². The molecule has 4 nitrogen and oxygen atoms in total. The molecule has 0 amide bonds. The van der Waals surface area contributed by atoms with Crippen LogP contribution in [0.5, 0.6) is 5.75 Å². The predicted molar refractivity (Wildman–Crippen MR) is 55.3 cm³/mol. The molecule has 0 unspecified atom stereocenters. The number of hydrogen-bond donors (Lipinski definition) is 0. The third kappa shape index (κ3) is 2.27. The molecule has 0 aliphatic rings. The van der Waals surface area contributed by atoms with Crippen LogP contribution in [0.4, 0.5) is 0 Å². The van der Waals surface area contributed by atoms with Gasteiger partial charge in [-0.25, -0.2) is 0 Å². The maximum atomic E-state index is 5.37. The molecule has 0 aliphatic heterocycles. The molecular formula is C10H15N3O. The lowest BCUT2D eigenvalue weighted by Crippen LogP contribution is -2.19. The Morgan fingerprint density at radius 3 is 2.86 bits per heavy atom. The molecule has 76 valence electrons. The number of rotatable bonds is 4. The van der Waals surface area contributed by atoms with E-state index >= 15 is 0 Å². The van der Waals surface area contributed by atoms with Gasteiger partial charge in [0.1, 0.15) is 0 Å². The van der Waals surface area contributed by atoms with Crippen LogP contribution in [0.1, 0.15) is 5.69 Å². The SMILES string of the molecule is C#Cc1c(OC)cnn1CCN(C)C. The van der Waals surface area contributed by atoms with Gasteiger partial charge < -0.3 is 9.64 Å². The van der Waals surface area contributed by atoms with Crippen LogP contribution in [-0.2, 0) is 6.54 Å². The molecular weight excluding hydrogens is 178 g/mol. The molecule has 0 saturated carbocycles. The molecule has 0 bridgehead atoms. The van der Waals surface area contributed by atoms with Crippen molar-refractivity contribution in [3.63, 3.8) is 0 Å². The van der Waals surface area contributed by atoms with Crippen LogP contribution >= 0.6 is 0 Å². The molecule has 4 heteroatoms. The summed E-state index contributed by atoms with van der Waals surface area (Å²) in [5.74, 6) is 3.23. The van der Waals surface area contributed by atoms with E-state index in [9.17, 15) is 0 Å². The smallest absolute Gasteiger partial charge is 0.172 e. The third-order valence-corrected chi connectivity index (χ3v) is 1.92. The predicted octanol–water partition coefficient (Wildman–Crippen LogP) is 0.435. The topological polar surface area (TPSA) is 30.3 Å². The monoisotopic (exact) mass is 193 g/mol. The average Bonchev–Trinajstić information content (AvgIpc) is 2.56. The minimum absolute atomic E-state index is 0.659. The summed E-state index contributed by atoms with van der Waals surface area (Å²) >= 11 is 0. The molecule has 0 atom stereocenters. The van der Waals surface area contributed by atoms with Gasteiger partial charge in [-0.2, -0.15) is 5.10 Å². The fourth-order valence-corrected chi connectivity index (χ4v) is 1.13. The van der Waals surface area contributed by atoms with E-state index in [0.717, 1.165) is 13.1 Å². The summed E-state index contributed by atoms with van der Waals surface area (Å²) in [5, 5.41) is 4.15. The van der Waals surface area contributed by atoms with Crippen LogP contribution in [-0.4, -0.2) is 42.4 Å². The number of aromatic nitrogens is 2. The van der Waals surface area contributed by atoms with Gasteiger partial charge in [0.2, 0.25) is 0 Å². The molecule has 1 heterocycles. The second kappa shape index (κ2) is 4.68. The second-order valence-corrected chi connectivity index (χ2v) is 3.23. The summed E-state index contributed by atoms with van der Waals surface area (Å²) in [6.07, 6.45) is 7.02. The molecule has 0 fully saturated rings. The number of ether oxygens (including phenoxy) is 1. The van der Waals surface area contributed by atoms with Crippen LogP contribution in [0.15, 0.2) is 6.20 Å². The number of terminal acetylenes is 1. The van der Waals surface area contributed by atoms with E-state index in [-0.39, 0.29) is 0 Å². The highest BCUT2D eigenvalue weighted by Crippen LogP contribution is 2.15. The molecule has 0 saturated heterocycles. The van der Waals surface area contributed by atoms with E-state index in [1.54, 1.807) is 18.0 Å². The van der Waals surface area contributed by atoms with Gasteiger partial charge in [0.05, 0.1) is 19.9 Å². The Bertz CT molecular complexity index is 336. The van der Waals surface area contributed by atoms with Gasteiger partial charge in [-0.3, -0.25) is 4.68 Å². The number of likely N-dealkylation sites (N-methyl/N-ethyl adjacent to an activating group) is 1. The maximum absolute atomic E-state index is 5.37. The lowest BCUT2D eigenvalue weighted by atomic mass is 10.4. The Morgan fingerprint density at radius 1 is 1.64 bits per heavy atom. The largest absolute Gasteiger partial charge is 0.492 e. The van der Waals surface area contributed by atoms with Crippen LogP contribution in [0.2, 0.25) is 0 Å². The fourth-order valence-electron chi connectivity index (χ4n) is 1.13. The number of hydrogen-bond acceptors (Lipinski definition) is 3. The van der Waals surface area contributed by atoms with Crippen LogP contribution in [0, 0.1) is 12.3 Å². The summed E-state index contributed by atoms with van der Waals surface area (Å²) in [6.45, 7) is 1.68. The van der Waals surface area contributed by atoms with E-state index in [0.29, 0.717) is 11.4 Å². The zero-order chi connectivity index (χ0) is 10.6. The van der Waals surface area contributed by atoms with Gasteiger partial charge in [-0.1, -0.05) is 0 Å².